The lowest BCUT2D eigenvalue weighted by Gasteiger charge is -2.26. The van der Waals surface area contributed by atoms with Gasteiger partial charge in [0.05, 0.1) is 11.9 Å². The number of carbonyl (C=O) groups excluding carboxylic acids is 1. The van der Waals surface area contributed by atoms with Crippen molar-refractivity contribution in [2.75, 3.05) is 4.90 Å². The van der Waals surface area contributed by atoms with Crippen molar-refractivity contribution in [1.29, 1.82) is 0 Å². The molecule has 1 amide bonds. The van der Waals surface area contributed by atoms with Gasteiger partial charge in [-0.25, -0.2) is 5.48 Å². The quantitative estimate of drug-likeness (QED) is 0.557. The van der Waals surface area contributed by atoms with E-state index in [2.05, 4.69) is 34.2 Å². The maximum Gasteiger partial charge on any atom is 0.274 e. The average molecular weight is 343 g/mol. The number of anilines is 2. The number of hydrogen-bond donors (Lipinski definition) is 2. The van der Waals surface area contributed by atoms with Gasteiger partial charge in [-0.3, -0.25) is 15.0 Å². The summed E-state index contributed by atoms with van der Waals surface area (Å²) in [6, 6.07) is 17.4. The summed E-state index contributed by atoms with van der Waals surface area (Å²) in [6.45, 7) is 0.637. The predicted octanol–water partition coefficient (Wildman–Crippen LogP) is 4.02. The summed E-state index contributed by atoms with van der Waals surface area (Å²) < 4.78 is 0. The molecule has 4 rings (SSSR count). The first-order chi connectivity index (χ1) is 12.8. The topological polar surface area (TPSA) is 65.5 Å². The Kier molecular flexibility index (Phi) is 4.21. The predicted molar refractivity (Wildman–Crippen MR) is 101 cm³/mol. The van der Waals surface area contributed by atoms with Crippen molar-refractivity contribution in [3.05, 3.63) is 89.2 Å². The van der Waals surface area contributed by atoms with Crippen LogP contribution >= 0.6 is 0 Å². The summed E-state index contributed by atoms with van der Waals surface area (Å²) >= 11 is 0. The van der Waals surface area contributed by atoms with E-state index in [0.717, 1.165) is 28.1 Å². The maximum absolute atomic E-state index is 11.5. The first kappa shape index (κ1) is 16.1. The molecule has 2 N–H and O–H groups in total. The first-order valence-electron chi connectivity index (χ1n) is 8.28. The van der Waals surface area contributed by atoms with Crippen molar-refractivity contribution in [1.82, 2.24) is 10.5 Å². The fourth-order valence-corrected chi connectivity index (χ4v) is 3.13. The van der Waals surface area contributed by atoms with E-state index >= 15 is 0 Å². The molecule has 128 valence electrons. The van der Waals surface area contributed by atoms with Gasteiger partial charge in [0.2, 0.25) is 0 Å². The summed E-state index contributed by atoms with van der Waals surface area (Å²) in [5.41, 5.74) is 7.49. The van der Waals surface area contributed by atoms with Gasteiger partial charge < -0.3 is 4.90 Å². The SMILES string of the molecule is O=C(NO)c1ccc(CN2c3ccccc3C=Cc3ccncc32)cc1. The van der Waals surface area contributed by atoms with E-state index in [4.69, 9.17) is 5.21 Å². The Hall–Kier alpha value is -3.44. The van der Waals surface area contributed by atoms with E-state index < -0.39 is 5.91 Å². The molecule has 2 heterocycles. The zero-order chi connectivity index (χ0) is 17.9. The molecule has 0 atom stereocenters. The zero-order valence-electron chi connectivity index (χ0n) is 14.0. The van der Waals surface area contributed by atoms with Crippen molar-refractivity contribution < 1.29 is 10.0 Å². The second-order valence-corrected chi connectivity index (χ2v) is 6.05. The monoisotopic (exact) mass is 343 g/mol. The van der Waals surface area contributed by atoms with Crippen LogP contribution < -0.4 is 10.4 Å². The number of carbonyl (C=O) groups is 1. The number of pyridine rings is 1. The Morgan fingerprint density at radius 2 is 1.69 bits per heavy atom. The second kappa shape index (κ2) is 6.82. The summed E-state index contributed by atoms with van der Waals surface area (Å²) in [6.07, 6.45) is 7.88. The van der Waals surface area contributed by atoms with Crippen LogP contribution in [0, 0.1) is 0 Å². The number of rotatable bonds is 3. The molecule has 1 aliphatic rings. The van der Waals surface area contributed by atoms with Gasteiger partial charge in [-0.2, -0.15) is 0 Å². The van der Waals surface area contributed by atoms with Gasteiger partial charge in [-0.05, 0) is 35.4 Å². The molecule has 0 fully saturated rings. The Bertz CT molecular complexity index is 931. The third-order valence-corrected chi connectivity index (χ3v) is 4.45. The fourth-order valence-electron chi connectivity index (χ4n) is 3.13. The van der Waals surface area contributed by atoms with Gasteiger partial charge in [0.1, 0.15) is 0 Å². The van der Waals surface area contributed by atoms with Crippen LogP contribution in [0.25, 0.3) is 12.2 Å². The Morgan fingerprint density at radius 3 is 2.46 bits per heavy atom. The standard InChI is InChI=1S/C21H17N3O2/c25-21(23-26)18-7-5-15(6-8-18)14-24-19-4-2-1-3-16(19)9-10-17-11-12-22-13-20(17)24/h1-13,26H,14H2,(H,23,25). The van der Waals surface area contributed by atoms with E-state index in [0.29, 0.717) is 12.1 Å². The molecular weight excluding hydrogens is 326 g/mol. The summed E-state index contributed by atoms with van der Waals surface area (Å²) in [5, 5.41) is 8.75. The van der Waals surface area contributed by atoms with Crippen LogP contribution in [0.4, 0.5) is 11.4 Å². The molecule has 1 aromatic heterocycles. The van der Waals surface area contributed by atoms with Gasteiger partial charge in [0.25, 0.3) is 5.91 Å². The molecule has 5 heteroatoms. The molecule has 5 nitrogen and oxygen atoms in total. The van der Waals surface area contributed by atoms with Crippen LogP contribution in [0.1, 0.15) is 27.0 Å². The molecule has 26 heavy (non-hydrogen) atoms. The fraction of sp³-hybridized carbons (Fsp3) is 0.0476. The molecule has 3 aromatic rings. The van der Waals surface area contributed by atoms with Gasteiger partial charge in [-0.1, -0.05) is 42.5 Å². The van der Waals surface area contributed by atoms with E-state index in [1.165, 1.54) is 0 Å². The van der Waals surface area contributed by atoms with Crippen molar-refractivity contribution >= 4 is 29.4 Å². The highest BCUT2D eigenvalue weighted by molar-refractivity contribution is 5.93. The lowest BCUT2D eigenvalue weighted by molar-refractivity contribution is 0.0706. The minimum absolute atomic E-state index is 0.413. The lowest BCUT2D eigenvalue weighted by atomic mass is 10.1. The Morgan fingerprint density at radius 1 is 0.962 bits per heavy atom. The molecule has 0 aliphatic carbocycles. The van der Waals surface area contributed by atoms with Gasteiger partial charge >= 0.3 is 0 Å². The molecule has 0 unspecified atom stereocenters. The first-order valence-corrected chi connectivity index (χ1v) is 8.28. The third kappa shape index (κ3) is 2.96. The van der Waals surface area contributed by atoms with Crippen LogP contribution in [0.15, 0.2) is 67.0 Å². The van der Waals surface area contributed by atoms with Crippen LogP contribution in [-0.2, 0) is 6.54 Å². The normalized spacial score (nSPS) is 12.1. The minimum atomic E-state index is -0.518. The number of nitrogens with zero attached hydrogens (tertiary/aromatic N) is 2. The Balaban J connectivity index is 1.74. The number of hydrogen-bond acceptors (Lipinski definition) is 4. The smallest absolute Gasteiger partial charge is 0.274 e. The van der Waals surface area contributed by atoms with E-state index in [1.807, 2.05) is 36.5 Å². The molecule has 0 radical (unpaired) electrons. The second-order valence-electron chi connectivity index (χ2n) is 6.05. The molecule has 0 saturated heterocycles. The molecule has 1 aliphatic heterocycles. The average Bonchev–Trinajstić information content (AvgIpc) is 2.86. The molecule has 2 aromatic carbocycles. The number of para-hydroxylation sites is 1. The van der Waals surface area contributed by atoms with E-state index in [-0.39, 0.29) is 0 Å². The molecule has 0 spiro atoms. The highest BCUT2D eigenvalue weighted by Crippen LogP contribution is 2.36. The van der Waals surface area contributed by atoms with Crippen molar-refractivity contribution in [2.24, 2.45) is 0 Å². The van der Waals surface area contributed by atoms with E-state index in [9.17, 15) is 4.79 Å². The summed E-state index contributed by atoms with van der Waals surface area (Å²) in [7, 11) is 0. The van der Waals surface area contributed by atoms with Crippen molar-refractivity contribution in [2.45, 2.75) is 6.54 Å². The number of fused-ring (bicyclic) bond motifs is 2. The van der Waals surface area contributed by atoms with Gasteiger partial charge in [0.15, 0.2) is 0 Å². The summed E-state index contributed by atoms with van der Waals surface area (Å²) in [4.78, 5) is 18.0. The minimum Gasteiger partial charge on any atom is -0.335 e. The number of benzene rings is 2. The molecule has 0 saturated carbocycles. The molecular formula is C21H17N3O2. The van der Waals surface area contributed by atoms with Crippen molar-refractivity contribution in [3.63, 3.8) is 0 Å². The number of aromatic nitrogens is 1. The highest BCUT2D eigenvalue weighted by Gasteiger charge is 2.18. The largest absolute Gasteiger partial charge is 0.335 e. The van der Waals surface area contributed by atoms with Crippen LogP contribution in [0.3, 0.4) is 0 Å². The number of hydroxylamine groups is 1. The van der Waals surface area contributed by atoms with Crippen LogP contribution in [0.2, 0.25) is 0 Å². The van der Waals surface area contributed by atoms with Crippen molar-refractivity contribution in [3.8, 4) is 0 Å². The number of nitrogens with one attached hydrogen (secondary N) is 1. The van der Waals surface area contributed by atoms with Gasteiger partial charge in [0, 0.05) is 29.6 Å². The lowest BCUT2D eigenvalue weighted by Crippen LogP contribution is -2.19. The highest BCUT2D eigenvalue weighted by atomic mass is 16.5. The Labute approximate surface area is 151 Å². The van der Waals surface area contributed by atoms with Crippen LogP contribution in [0.5, 0.6) is 0 Å². The zero-order valence-corrected chi connectivity index (χ0v) is 14.0. The third-order valence-electron chi connectivity index (χ3n) is 4.45. The maximum atomic E-state index is 11.5. The summed E-state index contributed by atoms with van der Waals surface area (Å²) in [5.74, 6) is -0.518. The van der Waals surface area contributed by atoms with E-state index in [1.54, 1.807) is 23.8 Å². The number of amides is 1. The molecule has 0 bridgehead atoms. The van der Waals surface area contributed by atoms with Crippen LogP contribution in [-0.4, -0.2) is 16.1 Å². The van der Waals surface area contributed by atoms with Gasteiger partial charge in [-0.15, -0.1) is 0 Å².